The molecule has 0 aliphatic rings. The lowest BCUT2D eigenvalue weighted by Gasteiger charge is -2.35. The molecule has 132 valence electrons. The summed E-state index contributed by atoms with van der Waals surface area (Å²) in [5.41, 5.74) is 3.55. The SMILES string of the molecule is C=CCC(CNCc1ccc(O)cc1)(c1ccccc1)c1ccccc1. The van der Waals surface area contributed by atoms with Gasteiger partial charge in [-0.25, -0.2) is 0 Å². The Morgan fingerprint density at radius 3 is 1.85 bits per heavy atom. The second-order valence-corrected chi connectivity index (χ2v) is 6.58. The van der Waals surface area contributed by atoms with Crippen molar-refractivity contribution in [1.82, 2.24) is 5.32 Å². The van der Waals surface area contributed by atoms with Gasteiger partial charge in [-0.05, 0) is 35.2 Å². The van der Waals surface area contributed by atoms with Gasteiger partial charge in [0.2, 0.25) is 0 Å². The van der Waals surface area contributed by atoms with Gasteiger partial charge in [0.25, 0.3) is 0 Å². The third-order valence-electron chi connectivity index (χ3n) is 4.84. The summed E-state index contributed by atoms with van der Waals surface area (Å²) in [5.74, 6) is 0.295. The molecule has 0 aromatic heterocycles. The number of phenols is 1. The van der Waals surface area contributed by atoms with E-state index < -0.39 is 0 Å². The van der Waals surface area contributed by atoms with E-state index in [-0.39, 0.29) is 5.41 Å². The van der Waals surface area contributed by atoms with Crippen LogP contribution < -0.4 is 5.32 Å². The Kier molecular flexibility index (Phi) is 5.88. The van der Waals surface area contributed by atoms with Gasteiger partial charge >= 0.3 is 0 Å². The maximum atomic E-state index is 9.45. The van der Waals surface area contributed by atoms with E-state index in [0.717, 1.165) is 25.1 Å². The summed E-state index contributed by atoms with van der Waals surface area (Å²) < 4.78 is 0. The number of nitrogens with one attached hydrogen (secondary N) is 1. The van der Waals surface area contributed by atoms with E-state index in [0.29, 0.717) is 5.75 Å². The van der Waals surface area contributed by atoms with Crippen LogP contribution in [0.25, 0.3) is 0 Å². The minimum absolute atomic E-state index is 0.165. The molecule has 0 fully saturated rings. The molecule has 0 bridgehead atoms. The summed E-state index contributed by atoms with van der Waals surface area (Å²) >= 11 is 0. The zero-order valence-corrected chi connectivity index (χ0v) is 14.9. The minimum Gasteiger partial charge on any atom is -0.508 e. The van der Waals surface area contributed by atoms with Crippen LogP contribution in [0.15, 0.2) is 97.6 Å². The highest BCUT2D eigenvalue weighted by Gasteiger charge is 2.32. The van der Waals surface area contributed by atoms with Gasteiger partial charge in [-0.3, -0.25) is 0 Å². The average molecular weight is 343 g/mol. The van der Waals surface area contributed by atoms with Crippen LogP contribution >= 0.6 is 0 Å². The molecule has 0 amide bonds. The smallest absolute Gasteiger partial charge is 0.115 e. The molecule has 0 heterocycles. The lowest BCUT2D eigenvalue weighted by atomic mass is 9.72. The van der Waals surface area contributed by atoms with E-state index in [4.69, 9.17) is 0 Å². The van der Waals surface area contributed by atoms with Crippen molar-refractivity contribution in [1.29, 1.82) is 0 Å². The van der Waals surface area contributed by atoms with E-state index in [1.165, 1.54) is 11.1 Å². The lowest BCUT2D eigenvalue weighted by Crippen LogP contribution is -2.38. The highest BCUT2D eigenvalue weighted by atomic mass is 16.3. The Bertz CT molecular complexity index is 770. The van der Waals surface area contributed by atoms with E-state index >= 15 is 0 Å². The number of hydrogen-bond acceptors (Lipinski definition) is 2. The van der Waals surface area contributed by atoms with Crippen LogP contribution in [0.3, 0.4) is 0 Å². The first-order valence-corrected chi connectivity index (χ1v) is 8.95. The maximum absolute atomic E-state index is 9.45. The van der Waals surface area contributed by atoms with Crippen molar-refractivity contribution >= 4 is 0 Å². The summed E-state index contributed by atoms with van der Waals surface area (Å²) in [5, 5.41) is 13.1. The van der Waals surface area contributed by atoms with Crippen molar-refractivity contribution in [3.05, 3.63) is 114 Å². The molecule has 3 aromatic carbocycles. The molecule has 0 saturated carbocycles. The zero-order valence-electron chi connectivity index (χ0n) is 14.9. The predicted octanol–water partition coefficient (Wildman–Crippen LogP) is 5.04. The number of aromatic hydroxyl groups is 1. The molecule has 0 spiro atoms. The molecular weight excluding hydrogens is 318 g/mol. The topological polar surface area (TPSA) is 32.3 Å². The van der Waals surface area contributed by atoms with Crippen LogP contribution in [-0.2, 0) is 12.0 Å². The fraction of sp³-hybridized carbons (Fsp3) is 0.167. The van der Waals surface area contributed by atoms with Gasteiger partial charge in [-0.2, -0.15) is 0 Å². The normalized spacial score (nSPS) is 11.2. The number of rotatable bonds is 8. The highest BCUT2D eigenvalue weighted by Crippen LogP contribution is 2.35. The molecule has 0 aliphatic heterocycles. The van der Waals surface area contributed by atoms with Crippen molar-refractivity contribution < 1.29 is 5.11 Å². The van der Waals surface area contributed by atoms with Gasteiger partial charge in [-0.1, -0.05) is 78.9 Å². The third kappa shape index (κ3) is 4.04. The maximum Gasteiger partial charge on any atom is 0.115 e. The van der Waals surface area contributed by atoms with Crippen molar-refractivity contribution in [2.45, 2.75) is 18.4 Å². The lowest BCUT2D eigenvalue weighted by molar-refractivity contribution is 0.465. The van der Waals surface area contributed by atoms with Gasteiger partial charge in [0.05, 0.1) is 0 Å². The van der Waals surface area contributed by atoms with Gasteiger partial charge < -0.3 is 10.4 Å². The number of phenolic OH excluding ortho intramolecular Hbond substituents is 1. The van der Waals surface area contributed by atoms with Gasteiger partial charge in [0, 0.05) is 18.5 Å². The van der Waals surface area contributed by atoms with Crippen LogP contribution in [0.4, 0.5) is 0 Å². The molecule has 0 radical (unpaired) electrons. The van der Waals surface area contributed by atoms with Gasteiger partial charge in [-0.15, -0.1) is 6.58 Å². The summed E-state index contributed by atoms with van der Waals surface area (Å²) in [6.07, 6.45) is 2.85. The van der Waals surface area contributed by atoms with Crippen molar-refractivity contribution in [2.24, 2.45) is 0 Å². The molecule has 0 aliphatic carbocycles. The first-order valence-electron chi connectivity index (χ1n) is 8.95. The van der Waals surface area contributed by atoms with Crippen LogP contribution in [-0.4, -0.2) is 11.7 Å². The van der Waals surface area contributed by atoms with Crippen LogP contribution in [0.2, 0.25) is 0 Å². The number of hydrogen-bond donors (Lipinski definition) is 2. The van der Waals surface area contributed by atoms with E-state index in [1.807, 2.05) is 18.2 Å². The van der Waals surface area contributed by atoms with Gasteiger partial charge in [0.15, 0.2) is 0 Å². The van der Waals surface area contributed by atoms with Crippen LogP contribution in [0.1, 0.15) is 23.1 Å². The second kappa shape index (κ2) is 8.50. The first kappa shape index (κ1) is 18.0. The molecule has 0 saturated heterocycles. The molecule has 2 N–H and O–H groups in total. The Morgan fingerprint density at radius 1 is 0.808 bits per heavy atom. The van der Waals surface area contributed by atoms with Crippen molar-refractivity contribution in [3.63, 3.8) is 0 Å². The largest absolute Gasteiger partial charge is 0.508 e. The van der Waals surface area contributed by atoms with Crippen molar-refractivity contribution in [3.8, 4) is 5.75 Å². The second-order valence-electron chi connectivity index (χ2n) is 6.58. The van der Waals surface area contributed by atoms with Crippen LogP contribution in [0, 0.1) is 0 Å². The summed E-state index contributed by atoms with van der Waals surface area (Å²) in [4.78, 5) is 0. The van der Waals surface area contributed by atoms with Gasteiger partial charge in [0.1, 0.15) is 5.75 Å². The predicted molar refractivity (Wildman–Crippen MR) is 108 cm³/mol. The summed E-state index contributed by atoms with van der Waals surface area (Å²) in [6, 6.07) is 28.6. The van der Waals surface area contributed by atoms with E-state index in [1.54, 1.807) is 12.1 Å². The monoisotopic (exact) mass is 343 g/mol. The average Bonchev–Trinajstić information content (AvgIpc) is 2.70. The highest BCUT2D eigenvalue weighted by molar-refractivity contribution is 5.41. The Hall–Kier alpha value is -2.84. The minimum atomic E-state index is -0.165. The Labute approximate surface area is 155 Å². The Morgan fingerprint density at radius 2 is 1.35 bits per heavy atom. The molecule has 3 rings (SSSR count). The standard InChI is InChI=1S/C24H25NO/c1-2-17-24(21-9-5-3-6-10-21,22-11-7-4-8-12-22)19-25-18-20-13-15-23(26)16-14-20/h2-16,25-26H,1,17-19H2. The fourth-order valence-electron chi connectivity index (χ4n) is 3.47. The molecule has 2 heteroatoms. The summed E-state index contributed by atoms with van der Waals surface area (Å²) in [6.45, 7) is 5.57. The summed E-state index contributed by atoms with van der Waals surface area (Å²) in [7, 11) is 0. The zero-order chi connectivity index (χ0) is 18.2. The molecular formula is C24H25NO. The number of allylic oxidation sites excluding steroid dienone is 1. The fourth-order valence-corrected chi connectivity index (χ4v) is 3.47. The number of benzene rings is 3. The van der Waals surface area contributed by atoms with E-state index in [2.05, 4.69) is 72.6 Å². The van der Waals surface area contributed by atoms with E-state index in [9.17, 15) is 5.11 Å². The molecule has 0 unspecified atom stereocenters. The Balaban J connectivity index is 1.89. The van der Waals surface area contributed by atoms with Crippen molar-refractivity contribution in [2.75, 3.05) is 6.54 Å². The quantitative estimate of drug-likeness (QED) is 0.561. The molecule has 3 aromatic rings. The molecule has 26 heavy (non-hydrogen) atoms. The molecule has 0 atom stereocenters. The van der Waals surface area contributed by atoms with Crippen LogP contribution in [0.5, 0.6) is 5.75 Å². The first-order chi connectivity index (χ1) is 12.7. The third-order valence-corrected chi connectivity index (χ3v) is 4.84. The molecule has 2 nitrogen and oxygen atoms in total.